The summed E-state index contributed by atoms with van der Waals surface area (Å²) in [6.07, 6.45) is 2.47. The first-order chi connectivity index (χ1) is 9.17. The number of hydrogen-bond donors (Lipinski definition) is 0. The van der Waals surface area contributed by atoms with Gasteiger partial charge in [-0.2, -0.15) is 10.4 Å². The van der Waals surface area contributed by atoms with Gasteiger partial charge in [-0.05, 0) is 17.9 Å². The highest BCUT2D eigenvalue weighted by Gasteiger charge is 2.14. The van der Waals surface area contributed by atoms with E-state index >= 15 is 0 Å². The minimum Gasteiger partial charge on any atom is -0.258 e. The van der Waals surface area contributed by atoms with E-state index in [2.05, 4.69) is 11.2 Å². The number of nitrogens with zero attached hydrogens (tertiary/aromatic N) is 4. The van der Waals surface area contributed by atoms with Crippen molar-refractivity contribution in [1.82, 2.24) is 9.78 Å². The third kappa shape index (κ3) is 2.58. The number of hydrogen-bond acceptors (Lipinski definition) is 5. The zero-order valence-electron chi connectivity index (χ0n) is 10.1. The van der Waals surface area contributed by atoms with Gasteiger partial charge in [-0.3, -0.25) is 10.1 Å². The van der Waals surface area contributed by atoms with Gasteiger partial charge in [0.05, 0.1) is 16.2 Å². The maximum Gasteiger partial charge on any atom is 0.307 e. The summed E-state index contributed by atoms with van der Waals surface area (Å²) >= 11 is 1.55. The molecule has 0 aliphatic carbocycles. The van der Waals surface area contributed by atoms with Crippen LogP contribution in [0.3, 0.4) is 0 Å². The standard InChI is InChI=1S/C12H10N4O2S/c1-2-19-12-5-3-4-11(10(12)6-13)15-8-9(7-14-15)16(17)18/h3-5,7-8H,2H2,1H3. The third-order valence-electron chi connectivity index (χ3n) is 2.44. The summed E-state index contributed by atoms with van der Waals surface area (Å²) in [4.78, 5) is 11.0. The first-order valence-electron chi connectivity index (χ1n) is 5.52. The Morgan fingerprint density at radius 3 is 2.95 bits per heavy atom. The minimum atomic E-state index is -0.514. The summed E-state index contributed by atoms with van der Waals surface area (Å²) in [7, 11) is 0. The lowest BCUT2D eigenvalue weighted by atomic mass is 10.2. The monoisotopic (exact) mass is 274 g/mol. The van der Waals surface area contributed by atoms with Crippen LogP contribution >= 0.6 is 11.8 Å². The number of thioether (sulfide) groups is 1. The number of nitriles is 1. The molecule has 6 nitrogen and oxygen atoms in total. The molecule has 1 aromatic heterocycles. The van der Waals surface area contributed by atoms with Crippen LogP contribution in [0.15, 0.2) is 35.5 Å². The molecule has 1 aromatic carbocycles. The molecule has 0 fully saturated rings. The lowest BCUT2D eigenvalue weighted by Gasteiger charge is -2.07. The summed E-state index contributed by atoms with van der Waals surface area (Å²) in [5.41, 5.74) is 0.929. The summed E-state index contributed by atoms with van der Waals surface area (Å²) < 4.78 is 1.36. The lowest BCUT2D eigenvalue weighted by molar-refractivity contribution is -0.384. The van der Waals surface area contributed by atoms with Crippen LogP contribution in [0.5, 0.6) is 0 Å². The molecule has 0 bridgehead atoms. The molecule has 19 heavy (non-hydrogen) atoms. The number of rotatable bonds is 4. The highest BCUT2D eigenvalue weighted by atomic mass is 32.2. The molecule has 2 aromatic rings. The van der Waals surface area contributed by atoms with Gasteiger partial charge in [0, 0.05) is 4.90 Å². The van der Waals surface area contributed by atoms with Crippen molar-refractivity contribution >= 4 is 17.4 Å². The van der Waals surface area contributed by atoms with Gasteiger partial charge >= 0.3 is 5.69 Å². The first-order valence-corrected chi connectivity index (χ1v) is 6.51. The summed E-state index contributed by atoms with van der Waals surface area (Å²) in [5, 5.41) is 23.8. The van der Waals surface area contributed by atoms with E-state index in [1.165, 1.54) is 17.1 Å². The molecule has 0 unspecified atom stereocenters. The molecule has 0 aliphatic rings. The Hall–Kier alpha value is -2.33. The summed E-state index contributed by atoms with van der Waals surface area (Å²) in [6, 6.07) is 7.51. The fourth-order valence-corrected chi connectivity index (χ4v) is 2.42. The van der Waals surface area contributed by atoms with Crippen LogP contribution in [0.1, 0.15) is 12.5 Å². The molecule has 0 spiro atoms. The van der Waals surface area contributed by atoms with Crippen molar-refractivity contribution in [1.29, 1.82) is 5.26 Å². The fourth-order valence-electron chi connectivity index (χ4n) is 1.64. The Balaban J connectivity index is 2.52. The predicted octanol–water partition coefficient (Wildman–Crippen LogP) is 2.76. The Kier molecular flexibility index (Phi) is 3.82. The number of benzene rings is 1. The van der Waals surface area contributed by atoms with Crippen molar-refractivity contribution in [3.05, 3.63) is 46.3 Å². The Morgan fingerprint density at radius 2 is 2.37 bits per heavy atom. The van der Waals surface area contributed by atoms with E-state index < -0.39 is 4.92 Å². The molecule has 7 heteroatoms. The molecule has 0 N–H and O–H groups in total. The van der Waals surface area contributed by atoms with Gasteiger partial charge in [0.2, 0.25) is 0 Å². The summed E-state index contributed by atoms with van der Waals surface area (Å²) in [6.45, 7) is 2.00. The predicted molar refractivity (Wildman–Crippen MR) is 71.3 cm³/mol. The molecule has 0 radical (unpaired) electrons. The maximum absolute atomic E-state index is 10.7. The highest BCUT2D eigenvalue weighted by Crippen LogP contribution is 2.27. The van der Waals surface area contributed by atoms with E-state index in [0.29, 0.717) is 11.3 Å². The molecular formula is C12H10N4O2S. The van der Waals surface area contributed by atoms with E-state index in [0.717, 1.165) is 10.6 Å². The van der Waals surface area contributed by atoms with Gasteiger partial charge in [-0.1, -0.05) is 13.0 Å². The second kappa shape index (κ2) is 5.54. The van der Waals surface area contributed by atoms with Crippen LogP contribution in [-0.2, 0) is 0 Å². The molecule has 96 valence electrons. The first kappa shape index (κ1) is 13.1. The number of aromatic nitrogens is 2. The van der Waals surface area contributed by atoms with Gasteiger partial charge in [-0.15, -0.1) is 11.8 Å². The van der Waals surface area contributed by atoms with E-state index in [1.807, 2.05) is 19.1 Å². The topological polar surface area (TPSA) is 84.8 Å². The van der Waals surface area contributed by atoms with Crippen molar-refractivity contribution in [2.24, 2.45) is 0 Å². The highest BCUT2D eigenvalue weighted by molar-refractivity contribution is 7.99. The van der Waals surface area contributed by atoms with Crippen molar-refractivity contribution in [2.75, 3.05) is 5.75 Å². The molecule has 2 rings (SSSR count). The van der Waals surface area contributed by atoms with Crippen LogP contribution in [0.4, 0.5) is 5.69 Å². The van der Waals surface area contributed by atoms with E-state index in [4.69, 9.17) is 0 Å². The normalized spacial score (nSPS) is 10.1. The molecule has 0 aliphatic heterocycles. The Morgan fingerprint density at radius 1 is 1.58 bits per heavy atom. The van der Waals surface area contributed by atoms with E-state index in [1.54, 1.807) is 17.8 Å². The quantitative estimate of drug-likeness (QED) is 0.486. The van der Waals surface area contributed by atoms with Gasteiger partial charge in [-0.25, -0.2) is 4.68 Å². The van der Waals surface area contributed by atoms with Gasteiger partial charge < -0.3 is 0 Å². The van der Waals surface area contributed by atoms with E-state index in [-0.39, 0.29) is 5.69 Å². The Bertz CT molecular complexity index is 660. The Labute approximate surface area is 113 Å². The van der Waals surface area contributed by atoms with Crippen molar-refractivity contribution < 1.29 is 4.92 Å². The van der Waals surface area contributed by atoms with Crippen LogP contribution in [0.25, 0.3) is 5.69 Å². The summed E-state index contributed by atoms with van der Waals surface area (Å²) in [5.74, 6) is 0.845. The molecular weight excluding hydrogens is 264 g/mol. The third-order valence-corrected chi connectivity index (χ3v) is 3.38. The van der Waals surface area contributed by atoms with Crippen LogP contribution in [0.2, 0.25) is 0 Å². The largest absolute Gasteiger partial charge is 0.307 e. The zero-order chi connectivity index (χ0) is 13.8. The maximum atomic E-state index is 10.7. The average Bonchev–Trinajstić information content (AvgIpc) is 2.88. The zero-order valence-corrected chi connectivity index (χ0v) is 10.9. The smallest absolute Gasteiger partial charge is 0.258 e. The molecule has 0 saturated heterocycles. The van der Waals surface area contributed by atoms with Gasteiger partial charge in [0.25, 0.3) is 0 Å². The number of nitro groups is 1. The second-order valence-electron chi connectivity index (χ2n) is 3.60. The van der Waals surface area contributed by atoms with E-state index in [9.17, 15) is 15.4 Å². The second-order valence-corrected chi connectivity index (χ2v) is 4.90. The molecule has 0 saturated carbocycles. The lowest BCUT2D eigenvalue weighted by Crippen LogP contribution is -1.99. The van der Waals surface area contributed by atoms with Crippen molar-refractivity contribution in [3.63, 3.8) is 0 Å². The molecule has 0 atom stereocenters. The van der Waals surface area contributed by atoms with Gasteiger partial charge in [0.1, 0.15) is 18.5 Å². The van der Waals surface area contributed by atoms with Crippen molar-refractivity contribution in [2.45, 2.75) is 11.8 Å². The van der Waals surface area contributed by atoms with Crippen LogP contribution < -0.4 is 0 Å². The van der Waals surface area contributed by atoms with Crippen LogP contribution in [-0.4, -0.2) is 20.5 Å². The van der Waals surface area contributed by atoms with Crippen molar-refractivity contribution in [3.8, 4) is 11.8 Å². The average molecular weight is 274 g/mol. The minimum absolute atomic E-state index is 0.0996. The fraction of sp³-hybridized carbons (Fsp3) is 0.167. The molecule has 1 heterocycles. The molecule has 0 amide bonds. The SMILES string of the molecule is CCSc1cccc(-n2cc([N+](=O)[O-])cn2)c1C#N. The van der Waals surface area contributed by atoms with Gasteiger partial charge in [0.15, 0.2) is 0 Å². The van der Waals surface area contributed by atoms with Crippen LogP contribution in [0, 0.1) is 21.4 Å².